The summed E-state index contributed by atoms with van der Waals surface area (Å²) in [6.45, 7) is 0.729. The number of carbonyl (C=O) groups is 1. The Bertz CT molecular complexity index is 418. The molecule has 19 heavy (non-hydrogen) atoms. The minimum absolute atomic E-state index is 0.00281. The summed E-state index contributed by atoms with van der Waals surface area (Å²) >= 11 is 0. The molecule has 0 spiro atoms. The molecule has 1 atom stereocenters. The van der Waals surface area contributed by atoms with Gasteiger partial charge >= 0.3 is 0 Å². The SMILES string of the molecule is COc1ccc(OCC(=O)N2CCCC2CO)cc1. The maximum atomic E-state index is 12.0. The maximum absolute atomic E-state index is 12.0. The summed E-state index contributed by atoms with van der Waals surface area (Å²) < 4.78 is 10.5. The third kappa shape index (κ3) is 3.38. The van der Waals surface area contributed by atoms with E-state index in [0.29, 0.717) is 12.3 Å². The number of rotatable bonds is 5. The van der Waals surface area contributed by atoms with Crippen LogP contribution in [0, 0.1) is 0 Å². The number of hydrogen-bond donors (Lipinski definition) is 1. The molecule has 1 fully saturated rings. The first kappa shape index (κ1) is 13.7. The van der Waals surface area contributed by atoms with Gasteiger partial charge < -0.3 is 19.5 Å². The van der Waals surface area contributed by atoms with Crippen molar-refractivity contribution in [2.75, 3.05) is 26.9 Å². The lowest BCUT2D eigenvalue weighted by molar-refractivity contribution is -0.134. The standard InChI is InChI=1S/C14H19NO4/c1-18-12-4-6-13(7-5-12)19-10-14(17)15-8-2-3-11(15)9-16/h4-7,11,16H,2-3,8-10H2,1H3. The highest BCUT2D eigenvalue weighted by Gasteiger charge is 2.27. The van der Waals surface area contributed by atoms with E-state index in [4.69, 9.17) is 9.47 Å². The van der Waals surface area contributed by atoms with Gasteiger partial charge in [0.1, 0.15) is 11.5 Å². The number of methoxy groups -OCH3 is 1. The van der Waals surface area contributed by atoms with E-state index in [2.05, 4.69) is 0 Å². The van der Waals surface area contributed by atoms with Crippen LogP contribution in [0.1, 0.15) is 12.8 Å². The Morgan fingerprint density at radius 3 is 2.68 bits per heavy atom. The van der Waals surface area contributed by atoms with E-state index in [1.54, 1.807) is 36.3 Å². The van der Waals surface area contributed by atoms with Crippen LogP contribution in [0.25, 0.3) is 0 Å². The molecule has 5 nitrogen and oxygen atoms in total. The number of aliphatic hydroxyl groups is 1. The van der Waals surface area contributed by atoms with Gasteiger partial charge in [-0.25, -0.2) is 0 Å². The van der Waals surface area contributed by atoms with Crippen molar-refractivity contribution >= 4 is 5.91 Å². The predicted octanol–water partition coefficient (Wildman–Crippen LogP) is 1.06. The lowest BCUT2D eigenvalue weighted by Crippen LogP contribution is -2.40. The molecule has 0 aliphatic carbocycles. The summed E-state index contributed by atoms with van der Waals surface area (Å²) in [5, 5.41) is 9.18. The van der Waals surface area contributed by atoms with Crippen molar-refractivity contribution in [1.82, 2.24) is 4.90 Å². The van der Waals surface area contributed by atoms with E-state index in [1.165, 1.54) is 0 Å². The molecule has 0 aromatic heterocycles. The minimum atomic E-state index is -0.0765. The molecule has 1 aromatic carbocycles. The fraction of sp³-hybridized carbons (Fsp3) is 0.500. The molecule has 5 heteroatoms. The summed E-state index contributed by atoms with van der Waals surface area (Å²) in [4.78, 5) is 13.7. The molecule has 0 saturated carbocycles. The first-order valence-corrected chi connectivity index (χ1v) is 6.41. The number of ether oxygens (including phenoxy) is 2. The Morgan fingerprint density at radius 1 is 1.37 bits per heavy atom. The molecule has 1 unspecified atom stereocenters. The third-order valence-corrected chi connectivity index (χ3v) is 3.33. The van der Waals surface area contributed by atoms with Crippen LogP contribution in [0.4, 0.5) is 0 Å². The zero-order valence-corrected chi connectivity index (χ0v) is 11.0. The number of amides is 1. The number of likely N-dealkylation sites (tertiary alicyclic amines) is 1. The van der Waals surface area contributed by atoms with Crippen molar-refractivity contribution in [2.24, 2.45) is 0 Å². The maximum Gasteiger partial charge on any atom is 0.260 e. The second-order valence-electron chi connectivity index (χ2n) is 4.53. The topological polar surface area (TPSA) is 59.0 Å². The zero-order valence-electron chi connectivity index (χ0n) is 11.0. The second kappa shape index (κ2) is 6.43. The van der Waals surface area contributed by atoms with Gasteiger partial charge in [-0.1, -0.05) is 0 Å². The van der Waals surface area contributed by atoms with Gasteiger partial charge in [0.05, 0.1) is 19.8 Å². The molecule has 2 rings (SSSR count). The number of benzene rings is 1. The van der Waals surface area contributed by atoms with Gasteiger partial charge in [0.25, 0.3) is 5.91 Å². The summed E-state index contributed by atoms with van der Waals surface area (Å²) in [5.74, 6) is 1.31. The molecule has 1 aliphatic rings. The van der Waals surface area contributed by atoms with Gasteiger partial charge in [-0.05, 0) is 37.1 Å². The number of carbonyl (C=O) groups excluding carboxylic acids is 1. The average Bonchev–Trinajstić information content (AvgIpc) is 2.93. The molecule has 104 valence electrons. The summed E-state index contributed by atoms with van der Waals surface area (Å²) in [7, 11) is 1.60. The Kier molecular flexibility index (Phi) is 4.63. The van der Waals surface area contributed by atoms with E-state index >= 15 is 0 Å². The van der Waals surface area contributed by atoms with E-state index in [9.17, 15) is 9.90 Å². The van der Waals surface area contributed by atoms with Gasteiger partial charge in [-0.15, -0.1) is 0 Å². The van der Waals surface area contributed by atoms with Crippen LogP contribution in [0.2, 0.25) is 0 Å². The van der Waals surface area contributed by atoms with E-state index < -0.39 is 0 Å². The van der Waals surface area contributed by atoms with Crippen molar-refractivity contribution in [3.63, 3.8) is 0 Å². The normalized spacial score (nSPS) is 18.4. The summed E-state index contributed by atoms with van der Waals surface area (Å²) in [6.07, 6.45) is 1.81. The smallest absolute Gasteiger partial charge is 0.260 e. The lowest BCUT2D eigenvalue weighted by Gasteiger charge is -2.22. The molecule has 1 saturated heterocycles. The molecule has 1 aliphatic heterocycles. The summed E-state index contributed by atoms with van der Waals surface area (Å²) in [5.41, 5.74) is 0. The molecule has 1 N–H and O–H groups in total. The quantitative estimate of drug-likeness (QED) is 0.864. The zero-order chi connectivity index (χ0) is 13.7. The Hall–Kier alpha value is -1.75. The van der Waals surface area contributed by atoms with Gasteiger partial charge in [0.15, 0.2) is 6.61 Å². The Morgan fingerprint density at radius 2 is 2.05 bits per heavy atom. The van der Waals surface area contributed by atoms with Crippen molar-refractivity contribution in [3.8, 4) is 11.5 Å². The molecule has 1 aromatic rings. The first-order valence-electron chi connectivity index (χ1n) is 6.41. The Labute approximate surface area is 112 Å². The molecule has 1 heterocycles. The van der Waals surface area contributed by atoms with E-state index in [-0.39, 0.29) is 25.2 Å². The Balaban J connectivity index is 1.85. The van der Waals surface area contributed by atoms with E-state index in [1.807, 2.05) is 0 Å². The fourth-order valence-electron chi connectivity index (χ4n) is 2.25. The highest BCUT2D eigenvalue weighted by atomic mass is 16.5. The molecule has 1 amide bonds. The van der Waals surface area contributed by atoms with E-state index in [0.717, 1.165) is 18.6 Å². The average molecular weight is 265 g/mol. The molecular weight excluding hydrogens is 246 g/mol. The van der Waals surface area contributed by atoms with Gasteiger partial charge in [-0.3, -0.25) is 4.79 Å². The highest BCUT2D eigenvalue weighted by molar-refractivity contribution is 5.78. The predicted molar refractivity (Wildman–Crippen MR) is 70.3 cm³/mol. The fourth-order valence-corrected chi connectivity index (χ4v) is 2.25. The van der Waals surface area contributed by atoms with Crippen molar-refractivity contribution in [3.05, 3.63) is 24.3 Å². The van der Waals surface area contributed by atoms with Crippen LogP contribution < -0.4 is 9.47 Å². The molecular formula is C14H19NO4. The van der Waals surface area contributed by atoms with Crippen molar-refractivity contribution in [2.45, 2.75) is 18.9 Å². The van der Waals surface area contributed by atoms with Crippen LogP contribution in [0.3, 0.4) is 0 Å². The molecule has 0 radical (unpaired) electrons. The number of nitrogens with zero attached hydrogens (tertiary/aromatic N) is 1. The first-order chi connectivity index (χ1) is 9.24. The van der Waals surface area contributed by atoms with Gasteiger partial charge in [-0.2, -0.15) is 0 Å². The van der Waals surface area contributed by atoms with Gasteiger partial charge in [0.2, 0.25) is 0 Å². The molecule has 0 bridgehead atoms. The third-order valence-electron chi connectivity index (χ3n) is 3.33. The van der Waals surface area contributed by atoms with Crippen LogP contribution in [0.5, 0.6) is 11.5 Å². The number of hydrogen-bond acceptors (Lipinski definition) is 4. The van der Waals surface area contributed by atoms with Crippen LogP contribution in [-0.4, -0.2) is 48.8 Å². The monoisotopic (exact) mass is 265 g/mol. The van der Waals surface area contributed by atoms with Crippen LogP contribution >= 0.6 is 0 Å². The minimum Gasteiger partial charge on any atom is -0.497 e. The second-order valence-corrected chi connectivity index (χ2v) is 4.53. The largest absolute Gasteiger partial charge is 0.497 e. The van der Waals surface area contributed by atoms with Gasteiger partial charge in [0, 0.05) is 6.54 Å². The lowest BCUT2D eigenvalue weighted by atomic mass is 10.2. The summed E-state index contributed by atoms with van der Waals surface area (Å²) in [6, 6.07) is 7.05. The van der Waals surface area contributed by atoms with Crippen molar-refractivity contribution in [1.29, 1.82) is 0 Å². The van der Waals surface area contributed by atoms with Crippen molar-refractivity contribution < 1.29 is 19.4 Å². The van der Waals surface area contributed by atoms with Crippen LogP contribution in [-0.2, 0) is 4.79 Å². The number of aliphatic hydroxyl groups excluding tert-OH is 1. The van der Waals surface area contributed by atoms with Crippen LogP contribution in [0.15, 0.2) is 24.3 Å². The highest BCUT2D eigenvalue weighted by Crippen LogP contribution is 2.19.